The van der Waals surface area contributed by atoms with Gasteiger partial charge in [-0.1, -0.05) is 26.0 Å². The van der Waals surface area contributed by atoms with Gasteiger partial charge in [0.15, 0.2) is 5.78 Å². The molecule has 1 aliphatic carbocycles. The highest BCUT2D eigenvalue weighted by Gasteiger charge is 2.45. The van der Waals surface area contributed by atoms with Crippen LogP contribution in [0.4, 0.5) is 0 Å². The van der Waals surface area contributed by atoms with E-state index in [1.807, 2.05) is 18.2 Å². The number of ether oxygens (including phenoxy) is 2. The summed E-state index contributed by atoms with van der Waals surface area (Å²) in [6, 6.07) is 5.88. The highest BCUT2D eigenvalue weighted by atomic mass is 16.5. The van der Waals surface area contributed by atoms with Gasteiger partial charge >= 0.3 is 0 Å². The van der Waals surface area contributed by atoms with Crippen LogP contribution >= 0.6 is 0 Å². The van der Waals surface area contributed by atoms with E-state index in [9.17, 15) is 4.79 Å². The summed E-state index contributed by atoms with van der Waals surface area (Å²) < 4.78 is 11.4. The van der Waals surface area contributed by atoms with E-state index in [-0.39, 0.29) is 5.78 Å². The Hall–Kier alpha value is -1.35. The van der Waals surface area contributed by atoms with Crippen molar-refractivity contribution < 1.29 is 14.3 Å². The summed E-state index contributed by atoms with van der Waals surface area (Å²) in [5, 5.41) is 0. The lowest BCUT2D eigenvalue weighted by molar-refractivity contribution is -0.0384. The predicted molar refractivity (Wildman–Crippen MR) is 82.0 cm³/mol. The second-order valence-corrected chi connectivity index (χ2v) is 7.08. The number of hydrogen-bond acceptors (Lipinski definition) is 3. The maximum absolute atomic E-state index is 13.1. The molecule has 3 heteroatoms. The second-order valence-electron chi connectivity index (χ2n) is 7.08. The Kier molecular flexibility index (Phi) is 3.56. The van der Waals surface area contributed by atoms with E-state index in [0.29, 0.717) is 17.6 Å². The molecule has 1 aromatic carbocycles. The summed E-state index contributed by atoms with van der Waals surface area (Å²) in [7, 11) is 1.67. The van der Waals surface area contributed by atoms with Crippen molar-refractivity contribution in [1.82, 2.24) is 0 Å². The number of fused-ring (bicyclic) bond motifs is 1. The van der Waals surface area contributed by atoms with Gasteiger partial charge < -0.3 is 9.47 Å². The average Bonchev–Trinajstić information content (AvgIpc) is 2.95. The Balaban J connectivity index is 1.92. The molecule has 3 rings (SSSR count). The monoisotopic (exact) mass is 288 g/mol. The first-order valence-electron chi connectivity index (χ1n) is 7.82. The van der Waals surface area contributed by atoms with Gasteiger partial charge in [0.1, 0.15) is 11.4 Å². The second kappa shape index (κ2) is 5.13. The van der Waals surface area contributed by atoms with Crippen LogP contribution in [-0.4, -0.2) is 25.1 Å². The maximum atomic E-state index is 13.1. The number of methoxy groups -OCH3 is 1. The Morgan fingerprint density at radius 2 is 1.90 bits per heavy atom. The topological polar surface area (TPSA) is 35.5 Å². The normalized spacial score (nSPS) is 22.4. The van der Waals surface area contributed by atoms with Crippen molar-refractivity contribution in [2.75, 3.05) is 13.7 Å². The number of ketones is 1. The molecule has 0 aromatic heterocycles. The first kappa shape index (κ1) is 14.6. The fraction of sp³-hybridized carbons (Fsp3) is 0.611. The van der Waals surface area contributed by atoms with Crippen molar-refractivity contribution in [2.24, 2.45) is 5.41 Å². The van der Waals surface area contributed by atoms with E-state index in [0.717, 1.165) is 43.4 Å². The van der Waals surface area contributed by atoms with Gasteiger partial charge in [-0.15, -0.1) is 0 Å². The summed E-state index contributed by atoms with van der Waals surface area (Å²) in [5.41, 5.74) is 1.48. The number of Topliss-reactive ketones (excluding diaryl/α,β-unsaturated/α-hetero) is 1. The minimum Gasteiger partial charge on any atom is -0.492 e. The molecular formula is C18H24O3. The molecule has 114 valence electrons. The van der Waals surface area contributed by atoms with Crippen LogP contribution in [0.2, 0.25) is 0 Å². The smallest absolute Gasteiger partial charge is 0.198 e. The zero-order valence-electron chi connectivity index (χ0n) is 13.2. The molecule has 0 atom stereocenters. The summed E-state index contributed by atoms with van der Waals surface area (Å²) in [4.78, 5) is 13.1. The summed E-state index contributed by atoms with van der Waals surface area (Å²) >= 11 is 0. The van der Waals surface area contributed by atoms with Crippen LogP contribution in [0, 0.1) is 5.41 Å². The van der Waals surface area contributed by atoms with E-state index in [4.69, 9.17) is 9.47 Å². The molecule has 1 saturated carbocycles. The lowest BCUT2D eigenvalue weighted by Crippen LogP contribution is -2.45. The molecule has 0 saturated heterocycles. The van der Waals surface area contributed by atoms with Crippen molar-refractivity contribution in [3.05, 3.63) is 29.3 Å². The van der Waals surface area contributed by atoms with Gasteiger partial charge in [0.2, 0.25) is 0 Å². The van der Waals surface area contributed by atoms with Crippen molar-refractivity contribution in [1.29, 1.82) is 0 Å². The molecule has 21 heavy (non-hydrogen) atoms. The zero-order chi connectivity index (χ0) is 15.1. The van der Waals surface area contributed by atoms with E-state index in [1.54, 1.807) is 7.11 Å². The molecule has 1 aliphatic heterocycles. The van der Waals surface area contributed by atoms with Gasteiger partial charge in [-0.05, 0) is 42.7 Å². The van der Waals surface area contributed by atoms with Crippen LogP contribution in [0.1, 0.15) is 55.5 Å². The molecule has 1 fully saturated rings. The van der Waals surface area contributed by atoms with Crippen LogP contribution in [0.25, 0.3) is 0 Å². The molecule has 2 aliphatic rings. The summed E-state index contributed by atoms with van der Waals surface area (Å²) in [6.07, 6.45) is 4.51. The first-order valence-corrected chi connectivity index (χ1v) is 7.82. The third kappa shape index (κ3) is 2.48. The highest BCUT2D eigenvalue weighted by molar-refractivity contribution is 6.05. The Labute approximate surface area is 126 Å². The molecule has 1 heterocycles. The van der Waals surface area contributed by atoms with Crippen LogP contribution < -0.4 is 4.74 Å². The SMILES string of the molecule is COC1(C(=O)c2cccc3c2OCC3)CCC(C)(C)CC1. The molecule has 3 nitrogen and oxygen atoms in total. The third-order valence-electron chi connectivity index (χ3n) is 5.17. The molecule has 0 spiro atoms. The summed E-state index contributed by atoms with van der Waals surface area (Å²) in [5.74, 6) is 0.878. The largest absolute Gasteiger partial charge is 0.492 e. The van der Waals surface area contributed by atoms with Gasteiger partial charge in [-0.2, -0.15) is 0 Å². The van der Waals surface area contributed by atoms with E-state index >= 15 is 0 Å². The van der Waals surface area contributed by atoms with Crippen molar-refractivity contribution in [3.63, 3.8) is 0 Å². The van der Waals surface area contributed by atoms with Crippen LogP contribution in [0.15, 0.2) is 18.2 Å². The lowest BCUT2D eigenvalue weighted by Gasteiger charge is -2.41. The van der Waals surface area contributed by atoms with Crippen LogP contribution in [-0.2, 0) is 11.2 Å². The quantitative estimate of drug-likeness (QED) is 0.794. The van der Waals surface area contributed by atoms with Gasteiger partial charge in [0.25, 0.3) is 0 Å². The molecule has 0 unspecified atom stereocenters. The minimum atomic E-state index is -0.670. The highest BCUT2D eigenvalue weighted by Crippen LogP contribution is 2.44. The van der Waals surface area contributed by atoms with Crippen molar-refractivity contribution in [2.45, 2.75) is 51.6 Å². The molecule has 0 amide bonds. The Morgan fingerprint density at radius 3 is 2.57 bits per heavy atom. The number of para-hydroxylation sites is 1. The molecule has 1 aromatic rings. The third-order valence-corrected chi connectivity index (χ3v) is 5.17. The first-order chi connectivity index (χ1) is 9.97. The molecule has 0 N–H and O–H groups in total. The predicted octanol–water partition coefficient (Wildman–Crippen LogP) is 3.79. The van der Waals surface area contributed by atoms with Gasteiger partial charge in [-0.25, -0.2) is 0 Å². The van der Waals surface area contributed by atoms with Crippen molar-refractivity contribution >= 4 is 5.78 Å². The standard InChI is InChI=1S/C18H24O3/c1-17(2)8-10-18(20-3,11-9-17)16(19)14-6-4-5-13-7-12-21-15(13)14/h4-6H,7-12H2,1-3H3. The minimum absolute atomic E-state index is 0.0965. The Bertz CT molecular complexity index is 550. The van der Waals surface area contributed by atoms with E-state index in [2.05, 4.69) is 13.8 Å². The maximum Gasteiger partial charge on any atom is 0.198 e. The number of hydrogen-bond donors (Lipinski definition) is 0. The van der Waals surface area contributed by atoms with Gasteiger partial charge in [0.05, 0.1) is 12.2 Å². The zero-order valence-corrected chi connectivity index (χ0v) is 13.2. The fourth-order valence-electron chi connectivity index (χ4n) is 3.49. The lowest BCUT2D eigenvalue weighted by atomic mass is 9.68. The van der Waals surface area contributed by atoms with Gasteiger partial charge in [-0.3, -0.25) is 4.79 Å². The molecular weight excluding hydrogens is 264 g/mol. The number of carbonyl (C=O) groups is 1. The number of benzene rings is 1. The molecule has 0 radical (unpaired) electrons. The number of rotatable bonds is 3. The fourth-order valence-corrected chi connectivity index (χ4v) is 3.49. The summed E-state index contributed by atoms with van der Waals surface area (Å²) in [6.45, 7) is 5.20. The van der Waals surface area contributed by atoms with Gasteiger partial charge in [0, 0.05) is 13.5 Å². The van der Waals surface area contributed by atoms with E-state index < -0.39 is 5.60 Å². The van der Waals surface area contributed by atoms with Crippen LogP contribution in [0.3, 0.4) is 0 Å². The van der Waals surface area contributed by atoms with Crippen LogP contribution in [0.5, 0.6) is 5.75 Å². The number of carbonyl (C=O) groups excluding carboxylic acids is 1. The van der Waals surface area contributed by atoms with Crippen molar-refractivity contribution in [3.8, 4) is 5.75 Å². The van der Waals surface area contributed by atoms with E-state index in [1.165, 1.54) is 0 Å². The Morgan fingerprint density at radius 1 is 1.19 bits per heavy atom. The molecule has 0 bridgehead atoms. The average molecular weight is 288 g/mol.